The monoisotopic (exact) mass is 291 g/mol. The van der Waals surface area contributed by atoms with Crippen molar-refractivity contribution in [2.75, 3.05) is 13.6 Å². The lowest BCUT2D eigenvalue weighted by Crippen LogP contribution is -2.26. The number of nitrogens with one attached hydrogen (secondary N) is 1. The van der Waals surface area contributed by atoms with Crippen molar-refractivity contribution in [2.45, 2.75) is 25.3 Å². The first-order valence-electron chi connectivity index (χ1n) is 8.02. The molecule has 3 aromatic rings. The highest BCUT2D eigenvalue weighted by molar-refractivity contribution is 5.88. The van der Waals surface area contributed by atoms with Crippen molar-refractivity contribution in [3.05, 3.63) is 54.5 Å². The van der Waals surface area contributed by atoms with Crippen LogP contribution in [0.4, 0.5) is 0 Å². The maximum absolute atomic E-state index is 4.23. The molecule has 0 amide bonds. The largest absolute Gasteiger partial charge is 0.361 e. The molecule has 1 aliphatic rings. The lowest BCUT2D eigenvalue weighted by Gasteiger charge is -2.18. The van der Waals surface area contributed by atoms with E-state index in [1.54, 1.807) is 0 Å². The molecule has 22 heavy (non-hydrogen) atoms. The Kier molecular flexibility index (Phi) is 3.43. The summed E-state index contributed by atoms with van der Waals surface area (Å²) in [4.78, 5) is 10.1. The number of rotatable bonds is 3. The van der Waals surface area contributed by atoms with Gasteiger partial charge in [-0.15, -0.1) is 0 Å². The molecule has 1 atom stereocenters. The van der Waals surface area contributed by atoms with Gasteiger partial charge in [-0.1, -0.05) is 12.1 Å². The fraction of sp³-hybridized carbons (Fsp3) is 0.316. The Morgan fingerprint density at radius 2 is 2.23 bits per heavy atom. The third kappa shape index (κ3) is 2.42. The van der Waals surface area contributed by atoms with Crippen molar-refractivity contribution < 1.29 is 0 Å². The Hall–Kier alpha value is -2.13. The van der Waals surface area contributed by atoms with Crippen LogP contribution in [-0.4, -0.2) is 34.5 Å². The minimum Gasteiger partial charge on any atom is -0.361 e. The number of nitrogens with zero attached hydrogens (tertiary/aromatic N) is 2. The predicted molar refractivity (Wildman–Crippen MR) is 90.9 cm³/mol. The number of pyridine rings is 1. The van der Waals surface area contributed by atoms with Gasteiger partial charge in [0.1, 0.15) is 0 Å². The van der Waals surface area contributed by atoms with Crippen LogP contribution in [0.2, 0.25) is 0 Å². The van der Waals surface area contributed by atoms with Crippen molar-refractivity contribution in [1.29, 1.82) is 0 Å². The number of hydrogen-bond acceptors (Lipinski definition) is 2. The number of hydrogen-bond donors (Lipinski definition) is 1. The van der Waals surface area contributed by atoms with Crippen molar-refractivity contribution in [2.24, 2.45) is 0 Å². The molecular formula is C19H21N3. The third-order valence-electron chi connectivity index (χ3n) is 4.89. The van der Waals surface area contributed by atoms with Gasteiger partial charge in [-0.3, -0.25) is 4.98 Å². The highest BCUT2D eigenvalue weighted by atomic mass is 15.1. The van der Waals surface area contributed by atoms with Crippen LogP contribution in [0.15, 0.2) is 48.9 Å². The summed E-state index contributed by atoms with van der Waals surface area (Å²) in [5.41, 5.74) is 5.07. The molecular weight excluding hydrogens is 270 g/mol. The molecule has 0 unspecified atom stereocenters. The highest BCUT2D eigenvalue weighted by Gasteiger charge is 2.22. The van der Waals surface area contributed by atoms with E-state index in [-0.39, 0.29) is 0 Å². The predicted octanol–water partition coefficient (Wildman–Crippen LogP) is 3.87. The highest BCUT2D eigenvalue weighted by Crippen LogP contribution is 2.28. The van der Waals surface area contributed by atoms with Crippen LogP contribution in [0.1, 0.15) is 18.4 Å². The van der Waals surface area contributed by atoms with Crippen LogP contribution in [0.3, 0.4) is 0 Å². The maximum atomic E-state index is 4.23. The molecule has 0 aliphatic carbocycles. The van der Waals surface area contributed by atoms with Gasteiger partial charge >= 0.3 is 0 Å². The van der Waals surface area contributed by atoms with Crippen LogP contribution in [0, 0.1) is 0 Å². The van der Waals surface area contributed by atoms with E-state index in [0.717, 1.165) is 6.42 Å². The molecule has 2 aromatic heterocycles. The molecule has 1 saturated heterocycles. The Morgan fingerprint density at radius 3 is 3.00 bits per heavy atom. The van der Waals surface area contributed by atoms with Crippen LogP contribution in [-0.2, 0) is 6.42 Å². The molecule has 1 aliphatic heterocycles. The molecule has 1 N–H and O–H groups in total. The lowest BCUT2D eigenvalue weighted by molar-refractivity contribution is 0.310. The van der Waals surface area contributed by atoms with Crippen molar-refractivity contribution in [3.8, 4) is 11.1 Å². The topological polar surface area (TPSA) is 31.9 Å². The SMILES string of the molecule is CN1CCC[C@@H]1Cc1c[nH]c2ccc(-c3cccnc3)cc12. The lowest BCUT2D eigenvalue weighted by atomic mass is 10.00. The van der Waals surface area contributed by atoms with Crippen LogP contribution >= 0.6 is 0 Å². The molecule has 0 radical (unpaired) electrons. The summed E-state index contributed by atoms with van der Waals surface area (Å²) in [6, 6.07) is 11.4. The molecule has 1 aromatic carbocycles. The zero-order valence-corrected chi connectivity index (χ0v) is 12.9. The van der Waals surface area contributed by atoms with Crippen molar-refractivity contribution >= 4 is 10.9 Å². The Bertz CT molecular complexity index is 776. The Labute approximate surface area is 131 Å². The average Bonchev–Trinajstić information content (AvgIpc) is 3.15. The molecule has 0 spiro atoms. The first-order valence-corrected chi connectivity index (χ1v) is 8.02. The average molecular weight is 291 g/mol. The second-order valence-electron chi connectivity index (χ2n) is 6.30. The van der Waals surface area contributed by atoms with Crippen LogP contribution in [0.25, 0.3) is 22.0 Å². The maximum Gasteiger partial charge on any atom is 0.0457 e. The normalized spacial score (nSPS) is 19.0. The van der Waals surface area contributed by atoms with Crippen molar-refractivity contribution in [1.82, 2.24) is 14.9 Å². The summed E-state index contributed by atoms with van der Waals surface area (Å²) in [7, 11) is 2.24. The quantitative estimate of drug-likeness (QED) is 0.794. The smallest absolute Gasteiger partial charge is 0.0457 e. The fourth-order valence-electron chi connectivity index (χ4n) is 3.55. The Morgan fingerprint density at radius 1 is 1.27 bits per heavy atom. The van der Waals surface area contributed by atoms with E-state index in [4.69, 9.17) is 0 Å². The van der Waals surface area contributed by atoms with Gasteiger partial charge in [0.2, 0.25) is 0 Å². The molecule has 1 fully saturated rings. The standard InChI is InChI=1S/C19H21N3/c1-22-9-3-5-17(22)10-16-13-21-19-7-6-14(11-18(16)19)15-4-2-8-20-12-15/h2,4,6-8,11-13,17,21H,3,5,9-10H2,1H3/t17-/m1/s1. The van der Waals surface area contributed by atoms with Gasteiger partial charge in [0.05, 0.1) is 0 Å². The molecule has 112 valence electrons. The van der Waals surface area contributed by atoms with E-state index < -0.39 is 0 Å². The Balaban J connectivity index is 1.71. The second kappa shape index (κ2) is 5.58. The van der Waals surface area contributed by atoms with Gasteiger partial charge < -0.3 is 9.88 Å². The van der Waals surface area contributed by atoms with E-state index in [2.05, 4.69) is 52.4 Å². The summed E-state index contributed by atoms with van der Waals surface area (Å²) in [5, 5.41) is 1.35. The van der Waals surface area contributed by atoms with Gasteiger partial charge in [0, 0.05) is 41.1 Å². The summed E-state index contributed by atoms with van der Waals surface area (Å²) >= 11 is 0. The molecule has 4 rings (SSSR count). The van der Waals surface area contributed by atoms with E-state index in [1.807, 2.05) is 18.5 Å². The number of likely N-dealkylation sites (tertiary alicyclic amines) is 1. The van der Waals surface area contributed by atoms with E-state index in [1.165, 1.54) is 47.0 Å². The molecule has 3 heteroatoms. The van der Waals surface area contributed by atoms with Gasteiger partial charge in [-0.05, 0) is 62.2 Å². The van der Waals surface area contributed by atoms with Gasteiger partial charge in [-0.25, -0.2) is 0 Å². The first kappa shape index (κ1) is 13.5. The second-order valence-corrected chi connectivity index (χ2v) is 6.30. The number of aromatic amines is 1. The van der Waals surface area contributed by atoms with Crippen LogP contribution in [0.5, 0.6) is 0 Å². The van der Waals surface area contributed by atoms with Crippen molar-refractivity contribution in [3.63, 3.8) is 0 Å². The van der Waals surface area contributed by atoms with E-state index in [9.17, 15) is 0 Å². The minimum atomic E-state index is 0.682. The molecule has 0 saturated carbocycles. The molecule has 3 nitrogen and oxygen atoms in total. The number of benzene rings is 1. The fourth-order valence-corrected chi connectivity index (χ4v) is 3.55. The minimum absolute atomic E-state index is 0.682. The summed E-state index contributed by atoms with van der Waals surface area (Å²) < 4.78 is 0. The summed E-state index contributed by atoms with van der Waals surface area (Å²) in [6.45, 7) is 1.23. The molecule has 3 heterocycles. The first-order chi connectivity index (χ1) is 10.8. The van der Waals surface area contributed by atoms with Crippen LogP contribution < -0.4 is 0 Å². The van der Waals surface area contributed by atoms with Gasteiger partial charge in [-0.2, -0.15) is 0 Å². The zero-order chi connectivity index (χ0) is 14.9. The number of H-pyrrole nitrogens is 1. The van der Waals surface area contributed by atoms with Gasteiger partial charge in [0.15, 0.2) is 0 Å². The summed E-state index contributed by atoms with van der Waals surface area (Å²) in [6.07, 6.45) is 9.70. The number of likely N-dealkylation sites (N-methyl/N-ethyl adjacent to an activating group) is 1. The number of fused-ring (bicyclic) bond motifs is 1. The third-order valence-corrected chi connectivity index (χ3v) is 4.89. The van der Waals surface area contributed by atoms with E-state index >= 15 is 0 Å². The molecule has 0 bridgehead atoms. The zero-order valence-electron chi connectivity index (χ0n) is 12.9. The number of aromatic nitrogens is 2. The summed E-state index contributed by atoms with van der Waals surface area (Å²) in [5.74, 6) is 0. The van der Waals surface area contributed by atoms with E-state index in [0.29, 0.717) is 6.04 Å². The van der Waals surface area contributed by atoms with Gasteiger partial charge in [0.25, 0.3) is 0 Å².